The Morgan fingerprint density at radius 1 is 1.14 bits per heavy atom. The van der Waals surface area contributed by atoms with Crippen molar-refractivity contribution in [2.75, 3.05) is 0 Å². The van der Waals surface area contributed by atoms with Gasteiger partial charge < -0.3 is 15.3 Å². The second-order valence-corrected chi connectivity index (χ2v) is 11.0. The average Bonchev–Trinajstić information content (AvgIpc) is 3.02. The molecule has 8 atom stereocenters. The zero-order valence-electron chi connectivity index (χ0n) is 18.5. The van der Waals surface area contributed by atoms with Crippen molar-refractivity contribution in [3.8, 4) is 0 Å². The number of rotatable bonds is 4. The van der Waals surface area contributed by atoms with E-state index in [4.69, 9.17) is 5.11 Å². The Bertz CT molecular complexity index is 686. The number of hydrogen-bond acceptors (Lipinski definition) is 3. The molecule has 0 bridgehead atoms. The summed E-state index contributed by atoms with van der Waals surface area (Å²) in [5, 5.41) is 32.4. The van der Waals surface area contributed by atoms with E-state index in [2.05, 4.69) is 19.9 Å². The van der Waals surface area contributed by atoms with Gasteiger partial charge in [-0.25, -0.2) is 0 Å². The molecule has 4 saturated carbocycles. The highest BCUT2D eigenvalue weighted by Gasteiger charge is 2.67. The van der Waals surface area contributed by atoms with Crippen LogP contribution in [-0.4, -0.2) is 33.0 Å². The van der Waals surface area contributed by atoms with Crippen LogP contribution in [0, 0.1) is 34.5 Å². The lowest BCUT2D eigenvalue weighted by molar-refractivity contribution is -0.260. The van der Waals surface area contributed by atoms with E-state index in [1.165, 1.54) is 24.8 Å². The quantitative estimate of drug-likeness (QED) is 0.581. The molecule has 4 nitrogen and oxygen atoms in total. The van der Waals surface area contributed by atoms with Gasteiger partial charge in [0.25, 0.3) is 0 Å². The summed E-state index contributed by atoms with van der Waals surface area (Å²) in [6.07, 6.45) is 11.9. The fourth-order valence-electron chi connectivity index (χ4n) is 8.58. The predicted molar refractivity (Wildman–Crippen MR) is 113 cm³/mol. The standard InChI is InChI=1S/C25H40O4/c1-4-25(29)19-9-5-6-14-24(19,3)18-13-15-23(2)16(8-7-10-20(26)27)11-12-17(23)21(18)22(25)28/h8,17-19,21-22,28-29H,4-7,9-15H2,1-3H3,(H,26,27)/b16-8+/t17?,18?,19?,21?,22?,23?,24?,25-/m1/s1. The smallest absolute Gasteiger partial charge is 0.303 e. The van der Waals surface area contributed by atoms with Gasteiger partial charge in [-0.3, -0.25) is 4.79 Å². The summed E-state index contributed by atoms with van der Waals surface area (Å²) in [5.41, 5.74) is 0.618. The van der Waals surface area contributed by atoms with Gasteiger partial charge in [-0.2, -0.15) is 0 Å². The van der Waals surface area contributed by atoms with Crippen LogP contribution in [0.2, 0.25) is 0 Å². The molecule has 0 radical (unpaired) electrons. The molecule has 164 valence electrons. The van der Waals surface area contributed by atoms with E-state index in [1.54, 1.807) is 0 Å². The fraction of sp³-hybridized carbons (Fsp3) is 0.880. The summed E-state index contributed by atoms with van der Waals surface area (Å²) >= 11 is 0. The molecule has 4 aliphatic carbocycles. The molecule has 7 unspecified atom stereocenters. The zero-order chi connectivity index (χ0) is 21.0. The maximum Gasteiger partial charge on any atom is 0.303 e. The first-order valence-electron chi connectivity index (χ1n) is 12.0. The van der Waals surface area contributed by atoms with E-state index in [0.29, 0.717) is 24.7 Å². The number of aliphatic carboxylic acids is 1. The summed E-state index contributed by atoms with van der Waals surface area (Å²) < 4.78 is 0. The highest BCUT2D eigenvalue weighted by molar-refractivity contribution is 5.66. The molecule has 0 aromatic carbocycles. The molecule has 4 rings (SSSR count). The monoisotopic (exact) mass is 404 g/mol. The lowest BCUT2D eigenvalue weighted by atomic mass is 9.41. The first kappa shape index (κ1) is 21.4. The highest BCUT2D eigenvalue weighted by atomic mass is 16.4. The third-order valence-corrected chi connectivity index (χ3v) is 10.1. The van der Waals surface area contributed by atoms with Gasteiger partial charge in [0.15, 0.2) is 0 Å². The molecular formula is C25H40O4. The van der Waals surface area contributed by atoms with Gasteiger partial charge in [0.2, 0.25) is 0 Å². The van der Waals surface area contributed by atoms with Crippen LogP contribution in [0.1, 0.15) is 91.4 Å². The van der Waals surface area contributed by atoms with Gasteiger partial charge in [0, 0.05) is 6.42 Å². The normalized spacial score (nSPS) is 50.7. The van der Waals surface area contributed by atoms with E-state index in [9.17, 15) is 15.0 Å². The van der Waals surface area contributed by atoms with Crippen LogP contribution >= 0.6 is 0 Å². The van der Waals surface area contributed by atoms with Crippen LogP contribution in [0.5, 0.6) is 0 Å². The number of carboxylic acids is 1. The van der Waals surface area contributed by atoms with Crippen molar-refractivity contribution in [1.29, 1.82) is 0 Å². The van der Waals surface area contributed by atoms with Gasteiger partial charge in [0.05, 0.1) is 11.7 Å². The first-order valence-corrected chi connectivity index (χ1v) is 12.0. The fourth-order valence-corrected chi connectivity index (χ4v) is 8.58. The van der Waals surface area contributed by atoms with Crippen LogP contribution in [0.3, 0.4) is 0 Å². The topological polar surface area (TPSA) is 77.8 Å². The van der Waals surface area contributed by atoms with Crippen molar-refractivity contribution in [2.45, 2.75) is 103 Å². The number of fused-ring (bicyclic) bond motifs is 5. The molecule has 0 spiro atoms. The van der Waals surface area contributed by atoms with Crippen molar-refractivity contribution in [1.82, 2.24) is 0 Å². The summed E-state index contributed by atoms with van der Waals surface area (Å²) in [6.45, 7) is 6.81. The molecule has 0 aromatic heterocycles. The van der Waals surface area contributed by atoms with Crippen molar-refractivity contribution in [2.24, 2.45) is 34.5 Å². The van der Waals surface area contributed by atoms with Crippen molar-refractivity contribution >= 4 is 5.97 Å². The maximum atomic E-state index is 11.8. The second kappa shape index (κ2) is 7.37. The third kappa shape index (κ3) is 3.04. The molecule has 3 N–H and O–H groups in total. The number of carboxylic acid groups (broad SMARTS) is 1. The molecule has 0 heterocycles. The summed E-state index contributed by atoms with van der Waals surface area (Å²) in [6, 6.07) is 0. The van der Waals surface area contributed by atoms with E-state index in [1.807, 2.05) is 6.92 Å². The van der Waals surface area contributed by atoms with Crippen LogP contribution < -0.4 is 0 Å². The Hall–Kier alpha value is -0.870. The zero-order valence-corrected chi connectivity index (χ0v) is 18.5. The van der Waals surface area contributed by atoms with Gasteiger partial charge >= 0.3 is 5.97 Å². The summed E-state index contributed by atoms with van der Waals surface area (Å²) in [5.74, 6) is 0.512. The second-order valence-electron chi connectivity index (χ2n) is 11.0. The molecule has 4 fully saturated rings. The van der Waals surface area contributed by atoms with Crippen LogP contribution in [0.25, 0.3) is 0 Å². The summed E-state index contributed by atoms with van der Waals surface area (Å²) in [4.78, 5) is 11.0. The van der Waals surface area contributed by atoms with Crippen molar-refractivity contribution in [3.05, 3.63) is 11.6 Å². The van der Waals surface area contributed by atoms with E-state index in [0.717, 1.165) is 32.1 Å². The van der Waals surface area contributed by atoms with Crippen LogP contribution in [0.4, 0.5) is 0 Å². The molecule has 29 heavy (non-hydrogen) atoms. The number of carbonyl (C=O) groups is 1. The third-order valence-electron chi connectivity index (χ3n) is 10.1. The maximum absolute atomic E-state index is 11.8. The Morgan fingerprint density at radius 3 is 2.59 bits per heavy atom. The number of aliphatic hydroxyl groups excluding tert-OH is 1. The minimum atomic E-state index is -0.968. The van der Waals surface area contributed by atoms with Crippen LogP contribution in [0.15, 0.2) is 11.6 Å². The Kier molecular flexibility index (Phi) is 5.43. The number of hydrogen-bond donors (Lipinski definition) is 3. The van der Waals surface area contributed by atoms with E-state index in [-0.39, 0.29) is 29.1 Å². The molecule has 4 aliphatic rings. The van der Waals surface area contributed by atoms with Gasteiger partial charge in [-0.15, -0.1) is 0 Å². The molecule has 0 saturated heterocycles. The van der Waals surface area contributed by atoms with Crippen LogP contribution in [-0.2, 0) is 4.79 Å². The number of aliphatic hydroxyl groups is 2. The van der Waals surface area contributed by atoms with Crippen molar-refractivity contribution in [3.63, 3.8) is 0 Å². The van der Waals surface area contributed by atoms with Crippen molar-refractivity contribution < 1.29 is 20.1 Å². The predicted octanol–water partition coefficient (Wildman–Crippen LogP) is 4.93. The van der Waals surface area contributed by atoms with Gasteiger partial charge in [-0.05, 0) is 85.9 Å². The average molecular weight is 405 g/mol. The first-order chi connectivity index (χ1) is 13.7. The minimum Gasteiger partial charge on any atom is -0.481 e. The Labute approximate surface area is 175 Å². The largest absolute Gasteiger partial charge is 0.481 e. The molecule has 4 heteroatoms. The molecule has 0 aliphatic heterocycles. The number of allylic oxidation sites excluding steroid dienone is 2. The molecular weight excluding hydrogens is 364 g/mol. The highest BCUT2D eigenvalue weighted by Crippen LogP contribution is 2.69. The Balaban J connectivity index is 1.68. The molecule has 0 amide bonds. The van der Waals surface area contributed by atoms with E-state index >= 15 is 0 Å². The lowest BCUT2D eigenvalue weighted by Crippen LogP contribution is -2.68. The van der Waals surface area contributed by atoms with E-state index < -0.39 is 17.7 Å². The lowest BCUT2D eigenvalue weighted by Gasteiger charge is -2.66. The van der Waals surface area contributed by atoms with Gasteiger partial charge in [0.1, 0.15) is 0 Å². The SMILES string of the molecule is CC[C@]1(O)C(O)C2C3CC/C(=C\CCC(=O)O)C3(C)CCC2C2(C)CCCCC21. The summed E-state index contributed by atoms with van der Waals surface area (Å²) in [7, 11) is 0. The minimum absolute atomic E-state index is 0.0488. The molecule has 0 aromatic rings. The Morgan fingerprint density at radius 2 is 1.90 bits per heavy atom. The van der Waals surface area contributed by atoms with Gasteiger partial charge in [-0.1, -0.05) is 45.3 Å².